The topological polar surface area (TPSA) is 87.5 Å². The van der Waals surface area contributed by atoms with Crippen LogP contribution in [-0.4, -0.2) is 64.1 Å². The van der Waals surface area contributed by atoms with Crippen molar-refractivity contribution >= 4 is 28.3 Å². The molecule has 4 rings (SSSR count). The Morgan fingerprint density at radius 1 is 0.969 bits per heavy atom. The zero-order chi connectivity index (χ0) is 22.5. The highest BCUT2D eigenvalue weighted by Crippen LogP contribution is 2.15. The van der Waals surface area contributed by atoms with Gasteiger partial charge in [0, 0.05) is 37.3 Å². The smallest absolute Gasteiger partial charge is 0.275 e. The number of carbonyl (C=O) groups excluding carboxylic acids is 2. The molecule has 0 bridgehead atoms. The van der Waals surface area contributed by atoms with Gasteiger partial charge in [-0.1, -0.05) is 43.3 Å². The highest BCUT2D eigenvalue weighted by Gasteiger charge is 2.23. The van der Waals surface area contributed by atoms with Gasteiger partial charge in [0.2, 0.25) is 11.8 Å². The van der Waals surface area contributed by atoms with Gasteiger partial charge in [0.1, 0.15) is 6.54 Å². The van der Waals surface area contributed by atoms with E-state index in [0.717, 1.165) is 23.1 Å². The van der Waals surface area contributed by atoms with Crippen molar-refractivity contribution in [2.24, 2.45) is 0 Å². The van der Waals surface area contributed by atoms with Crippen molar-refractivity contribution in [3.05, 3.63) is 70.6 Å². The zero-order valence-corrected chi connectivity index (χ0v) is 18.2. The van der Waals surface area contributed by atoms with Crippen molar-refractivity contribution < 1.29 is 9.59 Å². The lowest BCUT2D eigenvalue weighted by molar-refractivity contribution is -0.134. The summed E-state index contributed by atoms with van der Waals surface area (Å²) in [6.07, 6.45) is 2.46. The number of amides is 2. The number of aryl methyl sites for hydroxylation is 1. The highest BCUT2D eigenvalue weighted by molar-refractivity contribution is 5.93. The molecule has 2 aromatic carbocycles. The largest absolute Gasteiger partial charge is 0.339 e. The maximum atomic E-state index is 12.7. The van der Waals surface area contributed by atoms with E-state index >= 15 is 0 Å². The fourth-order valence-electron chi connectivity index (χ4n) is 3.97. The number of piperazine rings is 1. The number of hydrogen-bond acceptors (Lipinski definition) is 5. The molecule has 0 spiro atoms. The molecule has 32 heavy (non-hydrogen) atoms. The van der Waals surface area contributed by atoms with E-state index in [-0.39, 0.29) is 30.5 Å². The first kappa shape index (κ1) is 21.7. The number of carbonyl (C=O) groups is 2. The van der Waals surface area contributed by atoms with Gasteiger partial charge >= 0.3 is 0 Å². The average Bonchev–Trinajstić information content (AvgIpc) is 2.82. The maximum Gasteiger partial charge on any atom is 0.275 e. The second-order valence-corrected chi connectivity index (χ2v) is 7.91. The lowest BCUT2D eigenvalue weighted by atomic mass is 10.1. The quantitative estimate of drug-likeness (QED) is 0.640. The van der Waals surface area contributed by atoms with Gasteiger partial charge in [-0.3, -0.25) is 19.3 Å². The lowest BCUT2D eigenvalue weighted by Crippen LogP contribution is -2.51. The molecular weight excluding hydrogens is 406 g/mol. The average molecular weight is 434 g/mol. The van der Waals surface area contributed by atoms with E-state index < -0.39 is 0 Å². The van der Waals surface area contributed by atoms with Crippen molar-refractivity contribution in [1.82, 2.24) is 19.6 Å². The molecule has 0 unspecified atom stereocenters. The second-order valence-electron chi connectivity index (χ2n) is 7.91. The number of nitrogens with zero attached hydrogens (tertiary/aromatic N) is 4. The molecule has 1 aromatic heterocycles. The van der Waals surface area contributed by atoms with E-state index in [2.05, 4.69) is 17.3 Å². The molecule has 1 aliphatic rings. The first-order valence-corrected chi connectivity index (χ1v) is 10.9. The van der Waals surface area contributed by atoms with Crippen LogP contribution in [0.15, 0.2) is 59.5 Å². The van der Waals surface area contributed by atoms with Crippen LogP contribution in [0.25, 0.3) is 10.8 Å². The second kappa shape index (κ2) is 9.74. The minimum absolute atomic E-state index is 0.0578. The van der Waals surface area contributed by atoms with Gasteiger partial charge < -0.3 is 10.2 Å². The Balaban J connectivity index is 1.30. The first-order valence-electron chi connectivity index (χ1n) is 10.9. The summed E-state index contributed by atoms with van der Waals surface area (Å²) < 4.78 is 1.22. The highest BCUT2D eigenvalue weighted by atomic mass is 16.2. The van der Waals surface area contributed by atoms with Gasteiger partial charge in [-0.2, -0.15) is 5.10 Å². The molecule has 1 saturated heterocycles. The predicted molar refractivity (Wildman–Crippen MR) is 123 cm³/mol. The van der Waals surface area contributed by atoms with Gasteiger partial charge in [-0.15, -0.1) is 0 Å². The summed E-state index contributed by atoms with van der Waals surface area (Å²) >= 11 is 0. The van der Waals surface area contributed by atoms with Crippen LogP contribution in [0, 0.1) is 0 Å². The van der Waals surface area contributed by atoms with Crippen LogP contribution in [0.3, 0.4) is 0 Å². The minimum Gasteiger partial charge on any atom is -0.339 e. The Morgan fingerprint density at radius 2 is 1.69 bits per heavy atom. The Labute approximate surface area is 186 Å². The summed E-state index contributed by atoms with van der Waals surface area (Å²) in [5, 5.41) is 8.44. The van der Waals surface area contributed by atoms with E-state index in [4.69, 9.17) is 0 Å². The molecule has 0 atom stereocenters. The molecule has 8 nitrogen and oxygen atoms in total. The van der Waals surface area contributed by atoms with Crippen LogP contribution in [0.5, 0.6) is 0 Å². The SMILES string of the molecule is CCc1ccccc1NC(=O)CN1CCN(C(=O)Cn2ncc3ccccc3c2=O)CC1. The Kier molecular flexibility index (Phi) is 6.61. The van der Waals surface area contributed by atoms with E-state index in [1.807, 2.05) is 41.3 Å². The van der Waals surface area contributed by atoms with Crippen LogP contribution in [0.4, 0.5) is 5.69 Å². The predicted octanol–water partition coefficient (Wildman–Crippen LogP) is 1.74. The molecule has 0 aliphatic carbocycles. The van der Waals surface area contributed by atoms with E-state index in [1.165, 1.54) is 4.68 Å². The fraction of sp³-hybridized carbons (Fsp3) is 0.333. The summed E-state index contributed by atoms with van der Waals surface area (Å²) in [6.45, 7) is 4.50. The molecule has 2 amide bonds. The molecular formula is C24H27N5O3. The van der Waals surface area contributed by atoms with Crippen LogP contribution >= 0.6 is 0 Å². The third-order valence-electron chi connectivity index (χ3n) is 5.81. The normalized spacial score (nSPS) is 14.5. The monoisotopic (exact) mass is 433 g/mol. The molecule has 0 radical (unpaired) electrons. The molecule has 2 heterocycles. The Morgan fingerprint density at radius 3 is 2.47 bits per heavy atom. The maximum absolute atomic E-state index is 12.7. The fourth-order valence-corrected chi connectivity index (χ4v) is 3.97. The number of anilines is 1. The van der Waals surface area contributed by atoms with Crippen molar-refractivity contribution in [2.45, 2.75) is 19.9 Å². The third-order valence-corrected chi connectivity index (χ3v) is 5.81. The van der Waals surface area contributed by atoms with Crippen molar-refractivity contribution in [1.29, 1.82) is 0 Å². The van der Waals surface area contributed by atoms with Crippen LogP contribution in [-0.2, 0) is 22.6 Å². The summed E-state index contributed by atoms with van der Waals surface area (Å²) in [4.78, 5) is 41.6. The molecule has 0 saturated carbocycles. The van der Waals surface area contributed by atoms with Gasteiger partial charge in [-0.25, -0.2) is 4.68 Å². The molecule has 8 heteroatoms. The van der Waals surface area contributed by atoms with Crippen LogP contribution in [0.1, 0.15) is 12.5 Å². The lowest BCUT2D eigenvalue weighted by Gasteiger charge is -2.34. The zero-order valence-electron chi connectivity index (χ0n) is 18.2. The molecule has 1 aliphatic heterocycles. The summed E-state index contributed by atoms with van der Waals surface area (Å²) in [7, 11) is 0. The van der Waals surface area contributed by atoms with Gasteiger partial charge in [-0.05, 0) is 24.1 Å². The molecule has 1 fully saturated rings. The van der Waals surface area contributed by atoms with E-state index in [9.17, 15) is 14.4 Å². The van der Waals surface area contributed by atoms with Crippen molar-refractivity contribution in [2.75, 3.05) is 38.0 Å². The number of benzene rings is 2. The minimum atomic E-state index is -0.265. The summed E-state index contributed by atoms with van der Waals surface area (Å²) in [6, 6.07) is 15.0. The van der Waals surface area contributed by atoms with Gasteiger partial charge in [0.15, 0.2) is 0 Å². The Bertz CT molecular complexity index is 1180. The number of hydrogen-bond donors (Lipinski definition) is 1. The van der Waals surface area contributed by atoms with E-state index in [1.54, 1.807) is 23.2 Å². The van der Waals surface area contributed by atoms with Crippen LogP contribution in [0.2, 0.25) is 0 Å². The molecule has 1 N–H and O–H groups in total. The number of aromatic nitrogens is 2. The van der Waals surface area contributed by atoms with E-state index in [0.29, 0.717) is 31.6 Å². The number of nitrogens with one attached hydrogen (secondary N) is 1. The third kappa shape index (κ3) is 4.86. The molecule has 3 aromatic rings. The van der Waals surface area contributed by atoms with Gasteiger partial charge in [0.25, 0.3) is 5.56 Å². The Hall–Kier alpha value is -3.52. The van der Waals surface area contributed by atoms with Crippen molar-refractivity contribution in [3.63, 3.8) is 0 Å². The first-order chi connectivity index (χ1) is 15.5. The number of fused-ring (bicyclic) bond motifs is 1. The number of para-hydroxylation sites is 1. The van der Waals surface area contributed by atoms with Crippen molar-refractivity contribution in [3.8, 4) is 0 Å². The molecule has 166 valence electrons. The standard InChI is InChI=1S/C24H27N5O3/c1-2-18-7-4-6-10-21(18)26-22(30)16-27-11-13-28(14-12-27)23(31)17-29-24(32)20-9-5-3-8-19(20)15-25-29/h3-10,15H,2,11-14,16-17H2,1H3,(H,26,30). The summed E-state index contributed by atoms with van der Waals surface area (Å²) in [5.74, 6) is -0.201. The van der Waals surface area contributed by atoms with Gasteiger partial charge in [0.05, 0.1) is 18.1 Å². The van der Waals surface area contributed by atoms with Crippen LogP contribution < -0.4 is 10.9 Å². The number of rotatable bonds is 6. The summed E-state index contributed by atoms with van der Waals surface area (Å²) in [5.41, 5.74) is 1.69.